The van der Waals surface area contributed by atoms with Crippen molar-refractivity contribution in [2.45, 2.75) is 19.9 Å². The molecule has 2 aromatic rings. The van der Waals surface area contributed by atoms with Gasteiger partial charge in [0.15, 0.2) is 0 Å². The third-order valence-corrected chi connectivity index (χ3v) is 5.44. The molecule has 0 saturated heterocycles. The van der Waals surface area contributed by atoms with Crippen molar-refractivity contribution >= 4 is 34.2 Å². The Kier molecular flexibility index (Phi) is 3.89. The normalized spacial score (nSPS) is 13.9. The molecular weight excluding hydrogens is 375 g/mol. The monoisotopic (exact) mass is 392 g/mol. The summed E-state index contributed by atoms with van der Waals surface area (Å²) in [6.45, 7) is 3.40. The van der Waals surface area contributed by atoms with Crippen molar-refractivity contribution in [3.63, 3.8) is 0 Å². The number of nitrogens with zero attached hydrogens (tertiary/aromatic N) is 1. The van der Waals surface area contributed by atoms with E-state index in [1.165, 1.54) is 5.56 Å². The summed E-state index contributed by atoms with van der Waals surface area (Å²) in [5.41, 5.74) is 11.1. The molecule has 0 aromatic heterocycles. The first-order chi connectivity index (χ1) is 10.1. The predicted octanol–water partition coefficient (Wildman–Crippen LogP) is 3.38. The first kappa shape index (κ1) is 14.4. The second kappa shape index (κ2) is 5.67. The summed E-state index contributed by atoms with van der Waals surface area (Å²) in [5, 5.41) is 0. The van der Waals surface area contributed by atoms with Gasteiger partial charge in [0.05, 0.1) is 5.56 Å². The Morgan fingerprint density at radius 2 is 2.00 bits per heavy atom. The lowest BCUT2D eigenvalue weighted by Crippen LogP contribution is -2.36. The van der Waals surface area contributed by atoms with Crippen LogP contribution in [0.25, 0.3) is 0 Å². The number of nitrogens with two attached hydrogens (primary N) is 1. The minimum Gasteiger partial charge on any atom is -0.398 e. The van der Waals surface area contributed by atoms with E-state index in [0.717, 1.165) is 38.9 Å². The average molecular weight is 392 g/mol. The molecule has 4 heteroatoms. The lowest BCUT2D eigenvalue weighted by molar-refractivity contribution is 0.0733. The van der Waals surface area contributed by atoms with Crippen molar-refractivity contribution in [1.29, 1.82) is 0 Å². The molecule has 0 aliphatic carbocycles. The minimum absolute atomic E-state index is 0.108. The van der Waals surface area contributed by atoms with E-state index in [2.05, 4.69) is 28.7 Å². The lowest BCUT2D eigenvalue weighted by atomic mass is 9.97. The molecule has 1 aliphatic rings. The van der Waals surface area contributed by atoms with E-state index in [4.69, 9.17) is 5.73 Å². The SMILES string of the molecule is Cc1cccc(C(=O)N2CCc3c(N)cccc3C2)c1I. The van der Waals surface area contributed by atoms with Crippen LogP contribution in [-0.4, -0.2) is 17.4 Å². The first-order valence-electron chi connectivity index (χ1n) is 6.98. The molecule has 1 aliphatic heterocycles. The number of benzene rings is 2. The highest BCUT2D eigenvalue weighted by atomic mass is 127. The van der Waals surface area contributed by atoms with E-state index < -0.39 is 0 Å². The number of fused-ring (bicyclic) bond motifs is 1. The topological polar surface area (TPSA) is 46.3 Å². The predicted molar refractivity (Wildman–Crippen MR) is 93.2 cm³/mol. The number of hydrogen-bond donors (Lipinski definition) is 1. The van der Waals surface area contributed by atoms with Gasteiger partial charge in [0.25, 0.3) is 5.91 Å². The number of carbonyl (C=O) groups excluding carboxylic acids is 1. The molecule has 2 aromatic carbocycles. The molecular formula is C17H17IN2O. The van der Waals surface area contributed by atoms with Crippen LogP contribution >= 0.6 is 22.6 Å². The van der Waals surface area contributed by atoms with Crippen LogP contribution in [0.5, 0.6) is 0 Å². The number of aryl methyl sites for hydroxylation is 1. The maximum atomic E-state index is 12.8. The first-order valence-corrected chi connectivity index (χ1v) is 8.06. The number of halogens is 1. The maximum absolute atomic E-state index is 12.8. The van der Waals surface area contributed by atoms with Crippen LogP contribution in [0.15, 0.2) is 36.4 Å². The van der Waals surface area contributed by atoms with E-state index in [-0.39, 0.29) is 5.91 Å². The Hall–Kier alpha value is -1.56. The Balaban J connectivity index is 1.89. The zero-order chi connectivity index (χ0) is 15.0. The summed E-state index contributed by atoms with van der Waals surface area (Å²) in [6.07, 6.45) is 0.830. The van der Waals surface area contributed by atoms with Crippen molar-refractivity contribution in [3.8, 4) is 0 Å². The average Bonchev–Trinajstić information content (AvgIpc) is 2.49. The van der Waals surface area contributed by atoms with Crippen LogP contribution in [0.1, 0.15) is 27.0 Å². The summed E-state index contributed by atoms with van der Waals surface area (Å²) < 4.78 is 1.04. The molecule has 2 N–H and O–H groups in total. The molecule has 0 fully saturated rings. The number of hydrogen-bond acceptors (Lipinski definition) is 2. The van der Waals surface area contributed by atoms with E-state index in [0.29, 0.717) is 6.54 Å². The van der Waals surface area contributed by atoms with Gasteiger partial charge in [-0.2, -0.15) is 0 Å². The van der Waals surface area contributed by atoms with Crippen molar-refractivity contribution in [1.82, 2.24) is 4.90 Å². The van der Waals surface area contributed by atoms with Gasteiger partial charge in [-0.15, -0.1) is 0 Å². The molecule has 0 saturated carbocycles. The molecule has 0 atom stereocenters. The van der Waals surface area contributed by atoms with Crippen LogP contribution in [-0.2, 0) is 13.0 Å². The van der Waals surface area contributed by atoms with Crippen molar-refractivity contribution in [2.24, 2.45) is 0 Å². The summed E-state index contributed by atoms with van der Waals surface area (Å²) >= 11 is 2.25. The molecule has 108 valence electrons. The Labute approximate surface area is 138 Å². The van der Waals surface area contributed by atoms with Gasteiger partial charge in [-0.05, 0) is 64.8 Å². The molecule has 3 rings (SSSR count). The van der Waals surface area contributed by atoms with Crippen LogP contribution in [0.4, 0.5) is 5.69 Å². The third kappa shape index (κ3) is 2.64. The van der Waals surface area contributed by atoms with Crippen LogP contribution in [0.2, 0.25) is 0 Å². The molecule has 0 spiro atoms. The quantitative estimate of drug-likeness (QED) is 0.598. The largest absolute Gasteiger partial charge is 0.398 e. The summed E-state index contributed by atoms with van der Waals surface area (Å²) in [6, 6.07) is 11.8. The number of anilines is 1. The number of rotatable bonds is 1. The minimum atomic E-state index is 0.108. The molecule has 21 heavy (non-hydrogen) atoms. The van der Waals surface area contributed by atoms with Crippen LogP contribution < -0.4 is 5.73 Å². The van der Waals surface area contributed by atoms with Crippen molar-refractivity contribution < 1.29 is 4.79 Å². The van der Waals surface area contributed by atoms with Crippen LogP contribution in [0.3, 0.4) is 0 Å². The smallest absolute Gasteiger partial charge is 0.255 e. The third-order valence-electron chi connectivity index (χ3n) is 4.01. The molecule has 1 amide bonds. The fraction of sp³-hybridized carbons (Fsp3) is 0.235. The van der Waals surface area contributed by atoms with E-state index in [1.807, 2.05) is 42.2 Å². The zero-order valence-corrected chi connectivity index (χ0v) is 14.1. The van der Waals surface area contributed by atoms with Crippen molar-refractivity contribution in [2.75, 3.05) is 12.3 Å². The Morgan fingerprint density at radius 3 is 2.81 bits per heavy atom. The fourth-order valence-electron chi connectivity index (χ4n) is 2.80. The molecule has 0 radical (unpaired) electrons. The van der Waals surface area contributed by atoms with Gasteiger partial charge in [-0.3, -0.25) is 4.79 Å². The van der Waals surface area contributed by atoms with Gasteiger partial charge in [-0.1, -0.05) is 24.3 Å². The van der Waals surface area contributed by atoms with Gasteiger partial charge < -0.3 is 10.6 Å². The van der Waals surface area contributed by atoms with E-state index >= 15 is 0 Å². The van der Waals surface area contributed by atoms with E-state index in [1.54, 1.807) is 0 Å². The lowest BCUT2D eigenvalue weighted by Gasteiger charge is -2.30. The molecule has 0 unspecified atom stereocenters. The highest BCUT2D eigenvalue weighted by Gasteiger charge is 2.24. The van der Waals surface area contributed by atoms with Gasteiger partial charge in [0.1, 0.15) is 0 Å². The van der Waals surface area contributed by atoms with Crippen LogP contribution in [0, 0.1) is 10.5 Å². The summed E-state index contributed by atoms with van der Waals surface area (Å²) in [5.74, 6) is 0.108. The Morgan fingerprint density at radius 1 is 1.24 bits per heavy atom. The Bertz CT molecular complexity index is 712. The molecule has 1 heterocycles. The second-order valence-electron chi connectivity index (χ2n) is 5.40. The van der Waals surface area contributed by atoms with Gasteiger partial charge in [0.2, 0.25) is 0 Å². The summed E-state index contributed by atoms with van der Waals surface area (Å²) in [7, 11) is 0. The maximum Gasteiger partial charge on any atom is 0.255 e. The van der Waals surface area contributed by atoms with Gasteiger partial charge >= 0.3 is 0 Å². The zero-order valence-electron chi connectivity index (χ0n) is 11.9. The van der Waals surface area contributed by atoms with Gasteiger partial charge in [-0.25, -0.2) is 0 Å². The summed E-state index contributed by atoms with van der Waals surface area (Å²) in [4.78, 5) is 14.7. The van der Waals surface area contributed by atoms with E-state index in [9.17, 15) is 4.79 Å². The molecule has 0 bridgehead atoms. The van der Waals surface area contributed by atoms with Gasteiger partial charge in [0, 0.05) is 22.3 Å². The number of carbonyl (C=O) groups is 1. The fourth-order valence-corrected chi connectivity index (χ4v) is 3.39. The van der Waals surface area contributed by atoms with Crippen molar-refractivity contribution in [3.05, 3.63) is 62.2 Å². The highest BCUT2D eigenvalue weighted by molar-refractivity contribution is 14.1. The second-order valence-corrected chi connectivity index (χ2v) is 6.48. The standard InChI is InChI=1S/C17H17IN2O/c1-11-4-2-6-14(16(11)18)17(21)20-9-8-13-12(10-20)5-3-7-15(13)19/h2-7H,8-10,19H2,1H3. The number of amides is 1. The number of nitrogen functional groups attached to an aromatic ring is 1. The highest BCUT2D eigenvalue weighted by Crippen LogP contribution is 2.26. The molecule has 3 nitrogen and oxygen atoms in total.